The normalized spacial score (nSPS) is 11.3. The molecule has 0 fully saturated rings. The third kappa shape index (κ3) is 5.31. The van der Waals surface area contributed by atoms with Crippen LogP contribution in [-0.4, -0.2) is 34.0 Å². The highest BCUT2D eigenvalue weighted by molar-refractivity contribution is 7.89. The van der Waals surface area contributed by atoms with Crippen LogP contribution in [0, 0.1) is 6.92 Å². The number of hydrogen-bond donors (Lipinski definition) is 2. The van der Waals surface area contributed by atoms with Crippen LogP contribution >= 0.6 is 0 Å². The first-order chi connectivity index (χ1) is 13.4. The summed E-state index contributed by atoms with van der Waals surface area (Å²) in [6, 6.07) is 20.1. The molecule has 0 atom stereocenters. The molecular formula is C21H22N2O4S. The summed E-state index contributed by atoms with van der Waals surface area (Å²) in [4.78, 5) is 12.1. The van der Waals surface area contributed by atoms with E-state index in [9.17, 15) is 13.2 Å². The van der Waals surface area contributed by atoms with Crippen LogP contribution in [0.1, 0.15) is 5.56 Å². The Balaban J connectivity index is 1.42. The van der Waals surface area contributed by atoms with Gasteiger partial charge in [-0.15, -0.1) is 0 Å². The van der Waals surface area contributed by atoms with Gasteiger partial charge in [0, 0.05) is 13.1 Å². The first-order valence-corrected chi connectivity index (χ1v) is 10.4. The van der Waals surface area contributed by atoms with Gasteiger partial charge in [-0.05, 0) is 42.0 Å². The number of benzene rings is 3. The van der Waals surface area contributed by atoms with Gasteiger partial charge in [-0.3, -0.25) is 4.79 Å². The summed E-state index contributed by atoms with van der Waals surface area (Å²) in [6.07, 6.45) is 0. The minimum atomic E-state index is -3.58. The number of sulfonamides is 1. The monoisotopic (exact) mass is 398 g/mol. The Morgan fingerprint density at radius 3 is 2.39 bits per heavy atom. The van der Waals surface area contributed by atoms with Gasteiger partial charge < -0.3 is 10.1 Å². The maximum Gasteiger partial charge on any atom is 0.257 e. The molecule has 3 rings (SSSR count). The lowest BCUT2D eigenvalue weighted by molar-refractivity contribution is -0.123. The molecule has 0 bridgehead atoms. The van der Waals surface area contributed by atoms with Crippen LogP contribution in [0.5, 0.6) is 5.75 Å². The topological polar surface area (TPSA) is 84.5 Å². The second-order valence-corrected chi connectivity index (χ2v) is 8.13. The molecule has 146 valence electrons. The summed E-state index contributed by atoms with van der Waals surface area (Å²) in [5, 5.41) is 4.76. The standard InChI is InChI=1S/C21H22N2O4S/c1-16-6-10-20(11-7-16)28(25,26)23-13-12-22-21(24)15-27-19-9-8-17-4-2-3-5-18(17)14-19/h2-11,14,23H,12-13,15H2,1H3,(H,22,24). The van der Waals surface area contributed by atoms with Gasteiger partial charge in [0.1, 0.15) is 5.75 Å². The van der Waals surface area contributed by atoms with E-state index in [1.807, 2.05) is 49.4 Å². The molecule has 1 amide bonds. The summed E-state index contributed by atoms with van der Waals surface area (Å²) in [6.45, 7) is 2.02. The number of nitrogens with one attached hydrogen (secondary N) is 2. The van der Waals surface area contributed by atoms with Gasteiger partial charge in [0.05, 0.1) is 4.90 Å². The zero-order valence-corrected chi connectivity index (χ0v) is 16.3. The van der Waals surface area contributed by atoms with E-state index in [-0.39, 0.29) is 30.5 Å². The lowest BCUT2D eigenvalue weighted by Crippen LogP contribution is -2.36. The van der Waals surface area contributed by atoms with Gasteiger partial charge in [-0.2, -0.15) is 0 Å². The van der Waals surface area contributed by atoms with E-state index in [1.54, 1.807) is 24.3 Å². The molecule has 0 aliphatic carbocycles. The molecule has 0 saturated carbocycles. The molecule has 0 spiro atoms. The van der Waals surface area contributed by atoms with E-state index in [0.29, 0.717) is 5.75 Å². The predicted octanol–water partition coefficient (Wildman–Crippen LogP) is 2.62. The molecule has 2 N–H and O–H groups in total. The maximum atomic E-state index is 12.2. The Morgan fingerprint density at radius 1 is 0.929 bits per heavy atom. The van der Waals surface area contributed by atoms with Crippen molar-refractivity contribution in [2.45, 2.75) is 11.8 Å². The zero-order valence-electron chi connectivity index (χ0n) is 15.5. The highest BCUT2D eigenvalue weighted by Gasteiger charge is 2.13. The number of carbonyl (C=O) groups excluding carboxylic acids is 1. The van der Waals surface area contributed by atoms with E-state index >= 15 is 0 Å². The second kappa shape index (κ2) is 8.86. The zero-order chi connectivity index (χ0) is 20.0. The highest BCUT2D eigenvalue weighted by atomic mass is 32.2. The molecule has 3 aromatic rings. The van der Waals surface area contributed by atoms with Crippen LogP contribution in [0.25, 0.3) is 10.8 Å². The van der Waals surface area contributed by atoms with Crippen molar-refractivity contribution in [2.24, 2.45) is 0 Å². The van der Waals surface area contributed by atoms with Crippen LogP contribution in [0.3, 0.4) is 0 Å². The Hall–Kier alpha value is -2.90. The van der Waals surface area contributed by atoms with Crippen LogP contribution in [0.4, 0.5) is 0 Å². The van der Waals surface area contributed by atoms with Crippen LogP contribution < -0.4 is 14.8 Å². The van der Waals surface area contributed by atoms with E-state index in [4.69, 9.17) is 4.74 Å². The van der Waals surface area contributed by atoms with Gasteiger partial charge in [-0.25, -0.2) is 13.1 Å². The molecule has 6 nitrogen and oxygen atoms in total. The van der Waals surface area contributed by atoms with E-state index in [2.05, 4.69) is 10.0 Å². The second-order valence-electron chi connectivity index (χ2n) is 6.36. The van der Waals surface area contributed by atoms with Crippen molar-refractivity contribution in [3.8, 4) is 5.75 Å². The molecule has 0 aliphatic rings. The average Bonchev–Trinajstić information content (AvgIpc) is 2.70. The Morgan fingerprint density at radius 2 is 1.64 bits per heavy atom. The van der Waals surface area contributed by atoms with E-state index in [1.165, 1.54) is 0 Å². The van der Waals surface area contributed by atoms with Gasteiger partial charge >= 0.3 is 0 Å². The Kier molecular flexibility index (Phi) is 6.28. The molecule has 0 aromatic heterocycles. The lowest BCUT2D eigenvalue weighted by Gasteiger charge is -2.10. The van der Waals surface area contributed by atoms with Crippen molar-refractivity contribution >= 4 is 26.7 Å². The third-order valence-corrected chi connectivity index (χ3v) is 5.64. The molecule has 0 saturated heterocycles. The van der Waals surface area contributed by atoms with E-state index in [0.717, 1.165) is 16.3 Å². The minimum absolute atomic E-state index is 0.0952. The van der Waals surface area contributed by atoms with Crippen LogP contribution in [-0.2, 0) is 14.8 Å². The van der Waals surface area contributed by atoms with Crippen molar-refractivity contribution in [2.75, 3.05) is 19.7 Å². The fourth-order valence-corrected chi connectivity index (χ4v) is 3.68. The number of aryl methyl sites for hydroxylation is 1. The Labute approximate surface area is 164 Å². The average molecular weight is 398 g/mol. The summed E-state index contributed by atoms with van der Waals surface area (Å²) in [7, 11) is -3.58. The van der Waals surface area contributed by atoms with Crippen LogP contribution in [0.15, 0.2) is 71.6 Å². The van der Waals surface area contributed by atoms with Crippen LogP contribution in [0.2, 0.25) is 0 Å². The van der Waals surface area contributed by atoms with Crippen molar-refractivity contribution in [3.63, 3.8) is 0 Å². The van der Waals surface area contributed by atoms with E-state index < -0.39 is 10.0 Å². The molecule has 0 heterocycles. The Bertz CT molecular complexity index is 1060. The number of rotatable bonds is 8. The van der Waals surface area contributed by atoms with Gasteiger partial charge in [0.2, 0.25) is 10.0 Å². The number of hydrogen-bond acceptors (Lipinski definition) is 4. The summed E-state index contributed by atoms with van der Waals surface area (Å²) < 4.78 is 32.3. The molecule has 0 aliphatic heterocycles. The largest absolute Gasteiger partial charge is 0.484 e. The predicted molar refractivity (Wildman–Crippen MR) is 109 cm³/mol. The van der Waals surface area contributed by atoms with Gasteiger partial charge in [0.25, 0.3) is 5.91 Å². The first kappa shape index (κ1) is 19.9. The third-order valence-electron chi connectivity index (χ3n) is 4.16. The molecule has 28 heavy (non-hydrogen) atoms. The molecular weight excluding hydrogens is 376 g/mol. The number of ether oxygens (including phenoxy) is 1. The quantitative estimate of drug-likeness (QED) is 0.571. The van der Waals surface area contributed by atoms with Gasteiger partial charge in [0.15, 0.2) is 6.61 Å². The van der Waals surface area contributed by atoms with Gasteiger partial charge in [-0.1, -0.05) is 48.0 Å². The molecule has 0 radical (unpaired) electrons. The van der Waals surface area contributed by atoms with Crippen molar-refractivity contribution in [1.29, 1.82) is 0 Å². The highest BCUT2D eigenvalue weighted by Crippen LogP contribution is 2.20. The fourth-order valence-electron chi connectivity index (χ4n) is 2.65. The van der Waals surface area contributed by atoms with Crippen molar-refractivity contribution < 1.29 is 17.9 Å². The van der Waals surface area contributed by atoms with Crippen molar-refractivity contribution in [1.82, 2.24) is 10.0 Å². The number of carbonyl (C=O) groups is 1. The lowest BCUT2D eigenvalue weighted by atomic mass is 10.1. The summed E-state index contributed by atoms with van der Waals surface area (Å²) in [5.41, 5.74) is 0.984. The number of amides is 1. The number of fused-ring (bicyclic) bond motifs is 1. The summed E-state index contributed by atoms with van der Waals surface area (Å²) >= 11 is 0. The molecule has 3 aromatic carbocycles. The fraction of sp³-hybridized carbons (Fsp3) is 0.190. The first-order valence-electron chi connectivity index (χ1n) is 8.89. The summed E-state index contributed by atoms with van der Waals surface area (Å²) in [5.74, 6) is 0.289. The SMILES string of the molecule is Cc1ccc(S(=O)(=O)NCCNC(=O)COc2ccc3ccccc3c2)cc1. The minimum Gasteiger partial charge on any atom is -0.484 e. The molecule has 0 unspecified atom stereocenters. The van der Waals surface area contributed by atoms with Crippen molar-refractivity contribution in [3.05, 3.63) is 72.3 Å². The molecule has 7 heteroatoms. The maximum absolute atomic E-state index is 12.2. The smallest absolute Gasteiger partial charge is 0.257 e.